The van der Waals surface area contributed by atoms with Crippen molar-refractivity contribution in [2.45, 2.75) is 12.8 Å². The fourth-order valence-electron chi connectivity index (χ4n) is 8.59. The summed E-state index contributed by atoms with van der Waals surface area (Å²) in [4.78, 5) is 1.52. The van der Waals surface area contributed by atoms with E-state index >= 15 is 0 Å². The van der Waals surface area contributed by atoms with E-state index in [-0.39, 0.29) is 0 Å². The molecule has 1 aliphatic carbocycles. The molecular weight excluding hydrogens is 623 g/mol. The predicted octanol–water partition coefficient (Wildman–Crippen LogP) is 13.8. The van der Waals surface area contributed by atoms with Crippen LogP contribution in [-0.2, 0) is 6.42 Å². The predicted molar refractivity (Wildman–Crippen MR) is 217 cm³/mol. The minimum atomic E-state index is 1.14. The fourth-order valence-corrected chi connectivity index (χ4v) is 9.78. The zero-order valence-electron chi connectivity index (χ0n) is 27.4. The molecule has 50 heavy (non-hydrogen) atoms. The third-order valence-electron chi connectivity index (χ3n) is 10.8. The minimum absolute atomic E-state index is 1.14. The molecule has 0 fully saturated rings. The van der Waals surface area contributed by atoms with Gasteiger partial charge in [0.1, 0.15) is 0 Å². The highest BCUT2D eigenvalue weighted by Crippen LogP contribution is 2.47. The molecule has 0 unspecified atom stereocenters. The zero-order valence-corrected chi connectivity index (χ0v) is 28.2. The van der Waals surface area contributed by atoms with Gasteiger partial charge >= 0.3 is 0 Å². The number of hydrogen-bond acceptors (Lipinski definition) is 1. The van der Waals surface area contributed by atoms with Gasteiger partial charge in [-0.2, -0.15) is 0 Å². The number of aryl methyl sites for hydroxylation is 1. The van der Waals surface area contributed by atoms with Gasteiger partial charge in [-0.25, -0.2) is 0 Å². The number of hydrogen-bond donors (Lipinski definition) is 0. The van der Waals surface area contributed by atoms with Crippen LogP contribution in [0.2, 0.25) is 0 Å². The average molecular weight is 654 g/mol. The highest BCUT2D eigenvalue weighted by Gasteiger charge is 2.22. The summed E-state index contributed by atoms with van der Waals surface area (Å²) in [5.74, 6) is 0. The quantitative estimate of drug-likeness (QED) is 0.167. The first-order valence-corrected chi connectivity index (χ1v) is 18.3. The van der Waals surface area contributed by atoms with Gasteiger partial charge in [-0.3, -0.25) is 0 Å². The fraction of sp³-hybridized carbons (Fsp3) is 0.0417. The van der Waals surface area contributed by atoms with Crippen molar-refractivity contribution in [2.75, 3.05) is 0 Å². The largest absolute Gasteiger partial charge is 0.309 e. The average Bonchev–Trinajstić information content (AvgIpc) is 3.74. The topological polar surface area (TPSA) is 4.93 Å². The molecule has 234 valence electrons. The van der Waals surface area contributed by atoms with Crippen LogP contribution in [0, 0.1) is 0 Å². The standard InChI is InChI=1S/C48H31NS/c1-2-12-30(13-3-1)31-22-25-33(26-23-31)49-43-20-10-8-19-39(43)47-46-37-17-6-4-14-34(37)40(29-42(46)35-15-5-7-18-38(35)48(47)49)32-24-27-45-41(28-32)36-16-9-11-21-44(36)50-45/h1-10,12-20,22-29H,11,21H2. The van der Waals surface area contributed by atoms with Gasteiger partial charge in [-0.05, 0) is 98.6 Å². The van der Waals surface area contributed by atoms with Gasteiger partial charge in [0.05, 0.1) is 11.0 Å². The summed E-state index contributed by atoms with van der Waals surface area (Å²) in [6.45, 7) is 0. The molecule has 0 saturated carbocycles. The van der Waals surface area contributed by atoms with Crippen molar-refractivity contribution in [3.63, 3.8) is 0 Å². The van der Waals surface area contributed by atoms with Crippen LogP contribution in [0.15, 0.2) is 158 Å². The van der Waals surface area contributed by atoms with E-state index in [2.05, 4.69) is 168 Å². The summed E-state index contributed by atoms with van der Waals surface area (Å²) in [7, 11) is 0. The Morgan fingerprint density at radius 3 is 2.00 bits per heavy atom. The molecule has 0 saturated heterocycles. The number of fused-ring (bicyclic) bond motifs is 13. The highest BCUT2D eigenvalue weighted by molar-refractivity contribution is 7.19. The SMILES string of the molecule is C1=Cc2c(sc3ccc(-c4cc5c6ccccc6c6c(c7ccccc7n6-c6ccc(-c7ccccc7)cc6)c5c5ccccc45)cc23)CC1. The van der Waals surface area contributed by atoms with E-state index in [4.69, 9.17) is 0 Å². The van der Waals surface area contributed by atoms with Crippen molar-refractivity contribution >= 4 is 81.6 Å². The molecule has 1 nitrogen and oxygen atoms in total. The van der Waals surface area contributed by atoms with Crippen LogP contribution in [0.5, 0.6) is 0 Å². The van der Waals surface area contributed by atoms with E-state index in [1.54, 1.807) is 0 Å². The molecule has 0 radical (unpaired) electrons. The summed E-state index contributed by atoms with van der Waals surface area (Å²) in [6, 6.07) is 56.4. The number of rotatable bonds is 3. The maximum absolute atomic E-state index is 2.49. The van der Waals surface area contributed by atoms with E-state index in [1.807, 2.05) is 11.3 Å². The maximum Gasteiger partial charge on any atom is 0.0626 e. The molecule has 0 atom stereocenters. The van der Waals surface area contributed by atoms with Crippen molar-refractivity contribution in [3.8, 4) is 27.9 Å². The number of para-hydroxylation sites is 1. The molecule has 0 N–H and O–H groups in total. The molecule has 0 bridgehead atoms. The van der Waals surface area contributed by atoms with Crippen LogP contribution in [0.1, 0.15) is 16.9 Å². The maximum atomic E-state index is 2.49. The Morgan fingerprint density at radius 1 is 0.480 bits per heavy atom. The molecule has 0 amide bonds. The molecule has 0 aliphatic heterocycles. The lowest BCUT2D eigenvalue weighted by Crippen LogP contribution is -1.95. The van der Waals surface area contributed by atoms with Gasteiger partial charge in [0, 0.05) is 42.2 Å². The Labute approximate surface area is 294 Å². The lowest BCUT2D eigenvalue weighted by molar-refractivity contribution is 1.02. The molecule has 2 heteroatoms. The smallest absolute Gasteiger partial charge is 0.0626 e. The second-order valence-electron chi connectivity index (χ2n) is 13.5. The first-order chi connectivity index (χ1) is 24.8. The number of benzene rings is 8. The molecule has 1 aliphatic rings. The number of thiophene rings is 1. The van der Waals surface area contributed by atoms with Crippen molar-refractivity contribution < 1.29 is 0 Å². The molecule has 11 rings (SSSR count). The van der Waals surface area contributed by atoms with Crippen LogP contribution in [0.3, 0.4) is 0 Å². The van der Waals surface area contributed by atoms with E-state index < -0.39 is 0 Å². The Bertz CT molecular complexity index is 3010. The van der Waals surface area contributed by atoms with Gasteiger partial charge in [-0.1, -0.05) is 127 Å². The molecule has 8 aromatic carbocycles. The highest BCUT2D eigenvalue weighted by atomic mass is 32.1. The minimum Gasteiger partial charge on any atom is -0.309 e. The Hall–Kier alpha value is -5.96. The van der Waals surface area contributed by atoms with Crippen molar-refractivity contribution in [3.05, 3.63) is 168 Å². The van der Waals surface area contributed by atoms with Crippen LogP contribution in [-0.4, -0.2) is 4.57 Å². The lowest BCUT2D eigenvalue weighted by Gasteiger charge is -2.16. The van der Waals surface area contributed by atoms with Gasteiger partial charge < -0.3 is 4.57 Å². The molecule has 10 aromatic rings. The summed E-state index contributed by atoms with van der Waals surface area (Å²) >= 11 is 1.96. The van der Waals surface area contributed by atoms with E-state index in [9.17, 15) is 0 Å². The Morgan fingerprint density at radius 2 is 1.16 bits per heavy atom. The molecule has 2 heterocycles. The Balaban J connectivity index is 1.25. The van der Waals surface area contributed by atoms with Gasteiger partial charge in [0.2, 0.25) is 0 Å². The van der Waals surface area contributed by atoms with E-state index in [0.29, 0.717) is 0 Å². The van der Waals surface area contributed by atoms with Gasteiger partial charge in [0.15, 0.2) is 0 Å². The monoisotopic (exact) mass is 653 g/mol. The van der Waals surface area contributed by atoms with E-state index in [1.165, 1.54) is 103 Å². The molecule has 2 aromatic heterocycles. The van der Waals surface area contributed by atoms with Crippen molar-refractivity contribution in [1.82, 2.24) is 4.57 Å². The number of allylic oxidation sites excluding steroid dienone is 1. The van der Waals surface area contributed by atoms with Crippen LogP contribution < -0.4 is 0 Å². The molecule has 0 spiro atoms. The van der Waals surface area contributed by atoms with Crippen LogP contribution in [0.4, 0.5) is 0 Å². The summed E-state index contributed by atoms with van der Waals surface area (Å²) < 4.78 is 3.87. The Kier molecular flexibility index (Phi) is 6.02. The summed E-state index contributed by atoms with van der Waals surface area (Å²) in [5.41, 5.74) is 10.1. The third-order valence-corrected chi connectivity index (χ3v) is 12.1. The number of nitrogens with zero attached hydrogens (tertiary/aromatic N) is 1. The van der Waals surface area contributed by atoms with E-state index in [0.717, 1.165) is 12.8 Å². The zero-order chi connectivity index (χ0) is 32.8. The van der Waals surface area contributed by atoms with Crippen LogP contribution in [0.25, 0.3) is 98.2 Å². The molecular formula is C48H31NS. The summed E-state index contributed by atoms with van der Waals surface area (Å²) in [6.07, 6.45) is 6.96. The first-order valence-electron chi connectivity index (χ1n) is 17.5. The van der Waals surface area contributed by atoms with Crippen molar-refractivity contribution in [1.29, 1.82) is 0 Å². The van der Waals surface area contributed by atoms with Crippen LogP contribution >= 0.6 is 11.3 Å². The third kappa shape index (κ3) is 4.00. The van der Waals surface area contributed by atoms with Gasteiger partial charge in [-0.15, -0.1) is 11.3 Å². The first kappa shape index (κ1) is 27.9. The normalized spacial score (nSPS) is 13.0. The van der Waals surface area contributed by atoms with Gasteiger partial charge in [0.25, 0.3) is 0 Å². The second-order valence-corrected chi connectivity index (χ2v) is 14.7. The van der Waals surface area contributed by atoms with Crippen molar-refractivity contribution in [2.24, 2.45) is 0 Å². The number of aromatic nitrogens is 1. The lowest BCUT2D eigenvalue weighted by atomic mass is 9.88. The second kappa shape index (κ2) is 10.8. The summed E-state index contributed by atoms with van der Waals surface area (Å²) in [5, 5.41) is 11.7.